The third kappa shape index (κ3) is 28.5. The Bertz CT molecular complexity index is 592. The number of aliphatic hydroxyl groups is 1. The van der Waals surface area contributed by atoms with Crippen LogP contribution in [-0.4, -0.2) is 66.6 Å². The lowest BCUT2D eigenvalue weighted by Crippen LogP contribution is -2.33. The number of unbranched alkanes of at least 4 members (excludes halogenated alkanes) is 13. The van der Waals surface area contributed by atoms with Gasteiger partial charge in [0.05, 0.1) is 6.61 Å². The minimum atomic E-state index is -0.485. The van der Waals surface area contributed by atoms with Gasteiger partial charge in [0.2, 0.25) is 0 Å². The zero-order valence-corrected chi connectivity index (χ0v) is 27.8. The second kappa shape index (κ2) is 27.5. The van der Waals surface area contributed by atoms with Crippen molar-refractivity contribution in [2.24, 2.45) is 0 Å². The largest absolute Gasteiger partial charge is 0.462 e. The van der Waals surface area contributed by atoms with Crippen molar-refractivity contribution in [2.45, 2.75) is 175 Å². The van der Waals surface area contributed by atoms with Gasteiger partial charge >= 0.3 is 12.1 Å². The molecule has 0 spiro atoms. The van der Waals surface area contributed by atoms with Crippen LogP contribution in [0, 0.1) is 0 Å². The van der Waals surface area contributed by atoms with E-state index in [2.05, 4.69) is 24.1 Å². The second-order valence-electron chi connectivity index (χ2n) is 12.7. The van der Waals surface area contributed by atoms with Crippen molar-refractivity contribution in [1.82, 2.24) is 10.2 Å². The Morgan fingerprint density at radius 1 is 0.707 bits per heavy atom. The number of ether oxygens (including phenoxy) is 2. The van der Waals surface area contributed by atoms with Crippen LogP contribution in [0.5, 0.6) is 0 Å². The normalized spacial score (nSPS) is 11.8. The van der Waals surface area contributed by atoms with Gasteiger partial charge in [-0.05, 0) is 85.2 Å². The molecule has 0 aliphatic carbocycles. The zero-order chi connectivity index (χ0) is 30.6. The van der Waals surface area contributed by atoms with Gasteiger partial charge in [-0.15, -0.1) is 0 Å². The summed E-state index contributed by atoms with van der Waals surface area (Å²) in [5.41, 5.74) is -0.485. The number of amides is 1. The van der Waals surface area contributed by atoms with Crippen LogP contribution in [0.15, 0.2) is 0 Å². The fraction of sp³-hybridized carbons (Fsp3) is 0.941. The van der Waals surface area contributed by atoms with Gasteiger partial charge < -0.3 is 24.8 Å². The van der Waals surface area contributed by atoms with E-state index in [1.165, 1.54) is 64.2 Å². The lowest BCUT2D eigenvalue weighted by Gasteiger charge is -2.22. The molecule has 1 amide bonds. The number of esters is 1. The predicted octanol–water partition coefficient (Wildman–Crippen LogP) is 8.56. The minimum absolute atomic E-state index is 0.0309. The Hall–Kier alpha value is -1.34. The standard InChI is InChI=1S/C34H68N2O5/c1-6-8-10-12-14-17-23-31(24-18-15-13-11-9-7-2)40-32(38)25-19-16-21-27-36(29-30-37)28-22-20-26-35-33(39)41-34(3,4)5/h31,37H,6-30H2,1-5H3,(H,35,39). The molecule has 7 nitrogen and oxygen atoms in total. The van der Waals surface area contributed by atoms with E-state index in [1.54, 1.807) is 0 Å². The van der Waals surface area contributed by atoms with Gasteiger partial charge in [-0.2, -0.15) is 0 Å². The number of hydrogen-bond acceptors (Lipinski definition) is 6. The highest BCUT2D eigenvalue weighted by Gasteiger charge is 2.16. The number of nitrogens with zero attached hydrogens (tertiary/aromatic N) is 1. The Morgan fingerprint density at radius 2 is 1.22 bits per heavy atom. The van der Waals surface area contributed by atoms with Gasteiger partial charge in [0.25, 0.3) is 0 Å². The van der Waals surface area contributed by atoms with Crippen LogP contribution < -0.4 is 5.32 Å². The van der Waals surface area contributed by atoms with Crippen LogP contribution in [-0.2, 0) is 14.3 Å². The summed E-state index contributed by atoms with van der Waals surface area (Å²) in [5.74, 6) is -0.0309. The summed E-state index contributed by atoms with van der Waals surface area (Å²) in [7, 11) is 0. The predicted molar refractivity (Wildman–Crippen MR) is 171 cm³/mol. The highest BCUT2D eigenvalue weighted by atomic mass is 16.6. The molecule has 244 valence electrons. The molecule has 0 aromatic rings. The Morgan fingerprint density at radius 3 is 1.76 bits per heavy atom. The lowest BCUT2D eigenvalue weighted by molar-refractivity contribution is -0.150. The molecule has 41 heavy (non-hydrogen) atoms. The number of rotatable bonds is 28. The van der Waals surface area contributed by atoms with Gasteiger partial charge in [-0.1, -0.05) is 84.5 Å². The van der Waals surface area contributed by atoms with Crippen LogP contribution >= 0.6 is 0 Å². The second-order valence-corrected chi connectivity index (χ2v) is 12.7. The van der Waals surface area contributed by atoms with Gasteiger partial charge in [0.15, 0.2) is 0 Å². The van der Waals surface area contributed by atoms with E-state index < -0.39 is 5.60 Å². The van der Waals surface area contributed by atoms with E-state index in [9.17, 15) is 14.7 Å². The highest BCUT2D eigenvalue weighted by molar-refractivity contribution is 5.69. The molecule has 0 aliphatic rings. The molecule has 0 fully saturated rings. The van der Waals surface area contributed by atoms with Crippen LogP contribution in [0.3, 0.4) is 0 Å². The fourth-order valence-corrected chi connectivity index (χ4v) is 5.04. The summed E-state index contributed by atoms with van der Waals surface area (Å²) in [6, 6.07) is 0. The molecule has 7 heteroatoms. The molecule has 0 atom stereocenters. The Balaban J connectivity index is 4.20. The van der Waals surface area contributed by atoms with E-state index in [1.807, 2.05) is 20.8 Å². The van der Waals surface area contributed by atoms with E-state index >= 15 is 0 Å². The van der Waals surface area contributed by atoms with Crippen LogP contribution in [0.25, 0.3) is 0 Å². The average molecular weight is 585 g/mol. The van der Waals surface area contributed by atoms with E-state index in [-0.39, 0.29) is 24.8 Å². The van der Waals surface area contributed by atoms with Crippen molar-refractivity contribution in [2.75, 3.05) is 32.8 Å². The van der Waals surface area contributed by atoms with Crippen molar-refractivity contribution in [3.63, 3.8) is 0 Å². The fourth-order valence-electron chi connectivity index (χ4n) is 5.04. The summed E-state index contributed by atoms with van der Waals surface area (Å²) in [6.45, 7) is 13.2. The average Bonchev–Trinajstić information content (AvgIpc) is 2.90. The molecule has 0 unspecified atom stereocenters. The maximum absolute atomic E-state index is 12.6. The number of alkyl carbamates (subject to hydrolysis) is 1. The zero-order valence-electron chi connectivity index (χ0n) is 27.8. The first-order valence-corrected chi connectivity index (χ1v) is 17.2. The molecule has 0 aromatic heterocycles. The first-order chi connectivity index (χ1) is 19.7. The molecular weight excluding hydrogens is 516 g/mol. The van der Waals surface area contributed by atoms with Crippen LogP contribution in [0.2, 0.25) is 0 Å². The highest BCUT2D eigenvalue weighted by Crippen LogP contribution is 2.18. The van der Waals surface area contributed by atoms with Crippen molar-refractivity contribution in [3.8, 4) is 0 Å². The molecule has 0 aliphatic heterocycles. The summed E-state index contributed by atoms with van der Waals surface area (Å²) < 4.78 is 11.2. The monoisotopic (exact) mass is 585 g/mol. The quantitative estimate of drug-likeness (QED) is 0.0707. The molecule has 0 radical (unpaired) electrons. The molecule has 0 saturated heterocycles. The number of carbonyl (C=O) groups is 2. The number of nitrogens with one attached hydrogen (secondary N) is 1. The van der Waals surface area contributed by atoms with E-state index in [0.29, 0.717) is 19.5 Å². The summed E-state index contributed by atoms with van der Waals surface area (Å²) in [6.07, 6.45) is 22.1. The topological polar surface area (TPSA) is 88.1 Å². The summed E-state index contributed by atoms with van der Waals surface area (Å²) in [4.78, 5) is 26.6. The Labute approximate surface area is 253 Å². The van der Waals surface area contributed by atoms with Gasteiger partial charge in [0, 0.05) is 19.5 Å². The molecule has 0 aromatic carbocycles. The molecular formula is C34H68N2O5. The number of hydrogen-bond donors (Lipinski definition) is 2. The molecule has 0 saturated carbocycles. The van der Waals surface area contributed by atoms with Crippen LogP contribution in [0.4, 0.5) is 4.79 Å². The van der Waals surface area contributed by atoms with Crippen molar-refractivity contribution in [3.05, 3.63) is 0 Å². The lowest BCUT2D eigenvalue weighted by atomic mass is 10.0. The molecule has 2 N–H and O–H groups in total. The minimum Gasteiger partial charge on any atom is -0.462 e. The first-order valence-electron chi connectivity index (χ1n) is 17.2. The molecule has 0 bridgehead atoms. The number of aliphatic hydroxyl groups excluding tert-OH is 1. The Kier molecular flexibility index (Phi) is 26.6. The maximum Gasteiger partial charge on any atom is 0.407 e. The summed E-state index contributed by atoms with van der Waals surface area (Å²) >= 11 is 0. The van der Waals surface area contributed by atoms with Gasteiger partial charge in [0.1, 0.15) is 11.7 Å². The maximum atomic E-state index is 12.6. The third-order valence-corrected chi connectivity index (χ3v) is 7.40. The SMILES string of the molecule is CCCCCCCCC(CCCCCCCC)OC(=O)CCCCCN(CCO)CCCCNC(=O)OC(C)(C)C. The van der Waals surface area contributed by atoms with E-state index in [4.69, 9.17) is 9.47 Å². The van der Waals surface area contributed by atoms with Gasteiger partial charge in [-0.25, -0.2) is 4.79 Å². The van der Waals surface area contributed by atoms with Crippen molar-refractivity contribution in [1.29, 1.82) is 0 Å². The first kappa shape index (κ1) is 39.7. The van der Waals surface area contributed by atoms with Crippen molar-refractivity contribution >= 4 is 12.1 Å². The van der Waals surface area contributed by atoms with Gasteiger partial charge in [-0.3, -0.25) is 4.79 Å². The van der Waals surface area contributed by atoms with Crippen LogP contribution in [0.1, 0.15) is 163 Å². The van der Waals surface area contributed by atoms with E-state index in [0.717, 1.165) is 70.9 Å². The summed E-state index contributed by atoms with van der Waals surface area (Å²) in [5, 5.41) is 12.2. The molecule has 0 heterocycles. The number of carbonyl (C=O) groups excluding carboxylic acids is 2. The molecule has 0 rings (SSSR count). The third-order valence-electron chi connectivity index (χ3n) is 7.40. The van der Waals surface area contributed by atoms with Crippen molar-refractivity contribution < 1.29 is 24.2 Å². The smallest absolute Gasteiger partial charge is 0.407 e.